The number of rotatable bonds is 9. The van der Waals surface area contributed by atoms with E-state index < -0.39 is 0 Å². The molecule has 1 amide bonds. The van der Waals surface area contributed by atoms with Crippen molar-refractivity contribution in [1.29, 1.82) is 0 Å². The Balaban J connectivity index is 1.89. The molecule has 0 radical (unpaired) electrons. The smallest absolute Gasteiger partial charge is 0.271 e. The molecule has 0 saturated heterocycles. The van der Waals surface area contributed by atoms with Crippen LogP contribution in [0.5, 0.6) is 11.5 Å². The minimum Gasteiger partial charge on any atom is -0.494 e. The van der Waals surface area contributed by atoms with Crippen molar-refractivity contribution >= 4 is 11.6 Å². The van der Waals surface area contributed by atoms with E-state index in [2.05, 4.69) is 24.4 Å². The number of nitrogens with zero attached hydrogens (tertiary/aromatic N) is 1. The Kier molecular flexibility index (Phi) is 7.86. The molecule has 2 aromatic rings. The van der Waals surface area contributed by atoms with Crippen LogP contribution in [0.3, 0.4) is 0 Å². The molecule has 0 aliphatic heterocycles. The monoisotopic (exact) mass is 368 g/mol. The first-order valence-electron chi connectivity index (χ1n) is 9.34. The third kappa shape index (κ3) is 6.44. The molecule has 5 heteroatoms. The number of ether oxygens (including phenoxy) is 2. The lowest BCUT2D eigenvalue weighted by Crippen LogP contribution is -2.21. The molecule has 0 fully saturated rings. The standard InChI is InChI=1S/C22H28N2O3/c1-5-21(16(3)4)23-24-22(25)18-9-7-17(8-10-18)15-27-20-13-11-19(12-14-20)26-6-2/h7-14,16H,5-6,15H2,1-4H3,(H,24,25)/b23-21-. The number of carbonyl (C=O) groups is 1. The van der Waals surface area contributed by atoms with E-state index in [1.165, 1.54) is 0 Å². The summed E-state index contributed by atoms with van der Waals surface area (Å²) in [5.41, 5.74) is 5.16. The molecule has 144 valence electrons. The highest BCUT2D eigenvalue weighted by molar-refractivity contribution is 5.95. The van der Waals surface area contributed by atoms with Crippen LogP contribution in [0.2, 0.25) is 0 Å². The van der Waals surface area contributed by atoms with Crippen molar-refractivity contribution in [3.05, 3.63) is 59.7 Å². The quantitative estimate of drug-likeness (QED) is 0.510. The minimum absolute atomic E-state index is 0.208. The van der Waals surface area contributed by atoms with Crippen LogP contribution in [0.15, 0.2) is 53.6 Å². The second kappa shape index (κ2) is 10.4. The molecule has 0 unspecified atom stereocenters. The van der Waals surface area contributed by atoms with E-state index in [4.69, 9.17) is 9.47 Å². The van der Waals surface area contributed by atoms with E-state index in [1.54, 1.807) is 12.1 Å². The van der Waals surface area contributed by atoms with Crippen LogP contribution in [0.25, 0.3) is 0 Å². The Morgan fingerprint density at radius 1 is 0.963 bits per heavy atom. The van der Waals surface area contributed by atoms with Crippen molar-refractivity contribution in [2.45, 2.75) is 40.7 Å². The van der Waals surface area contributed by atoms with Crippen LogP contribution < -0.4 is 14.9 Å². The van der Waals surface area contributed by atoms with Crippen molar-refractivity contribution in [1.82, 2.24) is 5.43 Å². The van der Waals surface area contributed by atoms with Gasteiger partial charge in [-0.05, 0) is 61.2 Å². The fourth-order valence-electron chi connectivity index (χ4n) is 2.52. The van der Waals surface area contributed by atoms with Gasteiger partial charge < -0.3 is 9.47 Å². The van der Waals surface area contributed by atoms with Gasteiger partial charge in [-0.3, -0.25) is 4.79 Å². The maximum atomic E-state index is 12.2. The molecule has 0 aliphatic rings. The van der Waals surface area contributed by atoms with Crippen LogP contribution in [-0.4, -0.2) is 18.2 Å². The van der Waals surface area contributed by atoms with E-state index in [9.17, 15) is 4.79 Å². The number of hydrogen-bond acceptors (Lipinski definition) is 4. The number of hydrogen-bond donors (Lipinski definition) is 1. The summed E-state index contributed by atoms with van der Waals surface area (Å²) >= 11 is 0. The van der Waals surface area contributed by atoms with Gasteiger partial charge in [-0.25, -0.2) is 5.43 Å². The molecule has 2 rings (SSSR count). The van der Waals surface area contributed by atoms with Gasteiger partial charge in [0, 0.05) is 11.3 Å². The number of hydrazone groups is 1. The zero-order chi connectivity index (χ0) is 19.6. The van der Waals surface area contributed by atoms with Gasteiger partial charge in [0.05, 0.1) is 6.61 Å². The van der Waals surface area contributed by atoms with E-state index in [0.29, 0.717) is 24.7 Å². The normalized spacial score (nSPS) is 11.4. The number of benzene rings is 2. The SMILES string of the molecule is CCOc1ccc(OCc2ccc(C(=O)N/N=C(/CC)C(C)C)cc2)cc1. The molecule has 0 spiro atoms. The fraction of sp³-hybridized carbons (Fsp3) is 0.364. The summed E-state index contributed by atoms with van der Waals surface area (Å²) in [6, 6.07) is 14.9. The molecule has 0 bridgehead atoms. The lowest BCUT2D eigenvalue weighted by atomic mass is 10.1. The summed E-state index contributed by atoms with van der Waals surface area (Å²) in [5.74, 6) is 1.71. The summed E-state index contributed by atoms with van der Waals surface area (Å²) in [6.45, 7) is 9.18. The first kappa shape index (κ1) is 20.5. The van der Waals surface area contributed by atoms with Gasteiger partial charge in [-0.2, -0.15) is 5.10 Å². The van der Waals surface area contributed by atoms with Crippen LogP contribution >= 0.6 is 0 Å². The number of nitrogens with one attached hydrogen (secondary N) is 1. The van der Waals surface area contributed by atoms with Gasteiger partial charge in [-0.15, -0.1) is 0 Å². The third-order valence-corrected chi connectivity index (χ3v) is 4.09. The lowest BCUT2D eigenvalue weighted by Gasteiger charge is -2.09. The average molecular weight is 368 g/mol. The Hall–Kier alpha value is -2.82. The molecule has 5 nitrogen and oxygen atoms in total. The van der Waals surface area contributed by atoms with Gasteiger partial charge >= 0.3 is 0 Å². The number of amides is 1. The van der Waals surface area contributed by atoms with Crippen LogP contribution in [0, 0.1) is 5.92 Å². The van der Waals surface area contributed by atoms with Crippen LogP contribution in [-0.2, 0) is 6.61 Å². The topological polar surface area (TPSA) is 59.9 Å². The highest BCUT2D eigenvalue weighted by Crippen LogP contribution is 2.18. The van der Waals surface area contributed by atoms with Gasteiger partial charge in [0.25, 0.3) is 5.91 Å². The highest BCUT2D eigenvalue weighted by Gasteiger charge is 2.07. The van der Waals surface area contributed by atoms with Crippen molar-refractivity contribution < 1.29 is 14.3 Å². The zero-order valence-corrected chi connectivity index (χ0v) is 16.5. The second-order valence-corrected chi connectivity index (χ2v) is 6.44. The van der Waals surface area contributed by atoms with Gasteiger partial charge in [-0.1, -0.05) is 32.9 Å². The molecular formula is C22H28N2O3. The van der Waals surface area contributed by atoms with Crippen molar-refractivity contribution in [2.75, 3.05) is 6.61 Å². The molecule has 27 heavy (non-hydrogen) atoms. The molecule has 2 aromatic carbocycles. The third-order valence-electron chi connectivity index (χ3n) is 4.09. The summed E-state index contributed by atoms with van der Waals surface area (Å²) in [6.07, 6.45) is 0.819. The summed E-state index contributed by atoms with van der Waals surface area (Å²) < 4.78 is 11.2. The summed E-state index contributed by atoms with van der Waals surface area (Å²) in [7, 11) is 0. The molecule has 1 N–H and O–H groups in total. The largest absolute Gasteiger partial charge is 0.494 e. The van der Waals surface area contributed by atoms with Crippen molar-refractivity contribution in [2.24, 2.45) is 11.0 Å². The predicted octanol–water partition coefficient (Wildman–Crippen LogP) is 4.82. The molecule has 0 aromatic heterocycles. The maximum absolute atomic E-state index is 12.2. The average Bonchev–Trinajstić information content (AvgIpc) is 2.68. The van der Waals surface area contributed by atoms with Crippen molar-refractivity contribution in [3.63, 3.8) is 0 Å². The Morgan fingerprint density at radius 2 is 1.56 bits per heavy atom. The Labute approximate surface area is 161 Å². The zero-order valence-electron chi connectivity index (χ0n) is 16.5. The van der Waals surface area contributed by atoms with E-state index in [0.717, 1.165) is 29.2 Å². The number of carbonyl (C=O) groups excluding carboxylic acids is 1. The minimum atomic E-state index is -0.208. The fourth-order valence-corrected chi connectivity index (χ4v) is 2.52. The lowest BCUT2D eigenvalue weighted by molar-refractivity contribution is 0.0954. The molecule has 0 atom stereocenters. The van der Waals surface area contributed by atoms with Gasteiger partial charge in [0.2, 0.25) is 0 Å². The Bertz CT molecular complexity index is 750. The predicted molar refractivity (Wildman–Crippen MR) is 108 cm³/mol. The second-order valence-electron chi connectivity index (χ2n) is 6.44. The summed E-state index contributed by atoms with van der Waals surface area (Å²) in [4.78, 5) is 12.2. The van der Waals surface area contributed by atoms with Gasteiger partial charge in [0.1, 0.15) is 18.1 Å². The molecule has 0 heterocycles. The maximum Gasteiger partial charge on any atom is 0.271 e. The van der Waals surface area contributed by atoms with Gasteiger partial charge in [0.15, 0.2) is 0 Å². The van der Waals surface area contributed by atoms with E-state index in [1.807, 2.05) is 50.2 Å². The molecule has 0 aliphatic carbocycles. The van der Waals surface area contributed by atoms with E-state index >= 15 is 0 Å². The van der Waals surface area contributed by atoms with Crippen molar-refractivity contribution in [3.8, 4) is 11.5 Å². The highest BCUT2D eigenvalue weighted by atomic mass is 16.5. The van der Waals surface area contributed by atoms with Crippen LogP contribution in [0.1, 0.15) is 50.0 Å². The first-order valence-corrected chi connectivity index (χ1v) is 9.34. The first-order chi connectivity index (χ1) is 13.0. The molecular weight excluding hydrogens is 340 g/mol. The van der Waals surface area contributed by atoms with Crippen LogP contribution in [0.4, 0.5) is 0 Å². The summed E-state index contributed by atoms with van der Waals surface area (Å²) in [5, 5.41) is 4.22. The molecule has 0 saturated carbocycles. The Morgan fingerprint density at radius 3 is 2.07 bits per heavy atom. The van der Waals surface area contributed by atoms with E-state index in [-0.39, 0.29) is 5.91 Å².